The van der Waals surface area contributed by atoms with Gasteiger partial charge in [0.1, 0.15) is 6.29 Å². The number of fused-ring (bicyclic) bond motifs is 2. The fourth-order valence-electron chi connectivity index (χ4n) is 2.72. The first kappa shape index (κ1) is 7.31. The van der Waals surface area contributed by atoms with Crippen LogP contribution >= 0.6 is 0 Å². The van der Waals surface area contributed by atoms with Crippen LogP contribution in [0.4, 0.5) is 0 Å². The summed E-state index contributed by atoms with van der Waals surface area (Å²) < 4.78 is 0. The Hall–Kier alpha value is -1.11. The van der Waals surface area contributed by atoms with Gasteiger partial charge in [-0.2, -0.15) is 0 Å². The van der Waals surface area contributed by atoms with E-state index >= 15 is 0 Å². The molecule has 2 unspecified atom stereocenters. The maximum absolute atomic E-state index is 10.7. The third-order valence-electron chi connectivity index (χ3n) is 3.58. The lowest BCUT2D eigenvalue weighted by molar-refractivity contribution is -0.109. The highest BCUT2D eigenvalue weighted by molar-refractivity contribution is 5.61. The van der Waals surface area contributed by atoms with E-state index < -0.39 is 0 Å². The van der Waals surface area contributed by atoms with Gasteiger partial charge >= 0.3 is 0 Å². The Bertz CT molecular complexity index is 325. The molecule has 2 atom stereocenters. The van der Waals surface area contributed by atoms with E-state index in [1.807, 2.05) is 0 Å². The van der Waals surface area contributed by atoms with Gasteiger partial charge in [-0.25, -0.2) is 0 Å². The quantitative estimate of drug-likeness (QED) is 0.591. The highest BCUT2D eigenvalue weighted by Crippen LogP contribution is 2.52. The van der Waals surface area contributed by atoms with Crippen LogP contribution in [0.25, 0.3) is 0 Å². The van der Waals surface area contributed by atoms with E-state index in [-0.39, 0.29) is 0 Å². The van der Waals surface area contributed by atoms with Crippen LogP contribution < -0.4 is 0 Å². The van der Waals surface area contributed by atoms with Crippen LogP contribution in [0.1, 0.15) is 11.1 Å². The molecule has 1 fully saturated rings. The van der Waals surface area contributed by atoms with Crippen molar-refractivity contribution in [2.75, 3.05) is 0 Å². The van der Waals surface area contributed by atoms with Crippen LogP contribution in [0.3, 0.4) is 0 Å². The minimum absolute atomic E-state index is 0.368. The fraction of sp³-hybridized carbons (Fsp3) is 0.417. The molecule has 0 spiro atoms. The van der Waals surface area contributed by atoms with Crippen molar-refractivity contribution in [1.82, 2.24) is 0 Å². The summed E-state index contributed by atoms with van der Waals surface area (Å²) in [5, 5.41) is 0. The van der Waals surface area contributed by atoms with Crippen LogP contribution in [-0.2, 0) is 17.6 Å². The third kappa shape index (κ3) is 0.963. The predicted molar refractivity (Wildman–Crippen MR) is 50.4 cm³/mol. The number of hydrogen-bond donors (Lipinski definition) is 0. The summed E-state index contributed by atoms with van der Waals surface area (Å²) in [5.74, 6) is 1.72. The standard InChI is InChI=1S/C12H12O/c13-7-12-10-5-8-3-1-2-4-9(8)6-11(10)12/h1-4,7,10-12H,5-6H2. The van der Waals surface area contributed by atoms with Gasteiger partial charge in [-0.15, -0.1) is 0 Å². The van der Waals surface area contributed by atoms with Crippen molar-refractivity contribution in [3.8, 4) is 0 Å². The number of aldehydes is 1. The molecule has 0 amide bonds. The van der Waals surface area contributed by atoms with E-state index in [2.05, 4.69) is 24.3 Å². The Morgan fingerprint density at radius 1 is 1.08 bits per heavy atom. The molecule has 0 aliphatic heterocycles. The van der Waals surface area contributed by atoms with Crippen molar-refractivity contribution in [2.24, 2.45) is 17.8 Å². The van der Waals surface area contributed by atoms with Crippen molar-refractivity contribution >= 4 is 6.29 Å². The molecule has 0 saturated heterocycles. The first-order valence-corrected chi connectivity index (χ1v) is 4.92. The van der Waals surface area contributed by atoms with Crippen LogP contribution in [-0.4, -0.2) is 6.29 Å². The minimum atomic E-state index is 0.368. The summed E-state index contributed by atoms with van der Waals surface area (Å²) >= 11 is 0. The molecule has 1 heteroatoms. The van der Waals surface area contributed by atoms with Gasteiger partial charge in [0.05, 0.1) is 0 Å². The molecule has 0 aromatic heterocycles. The zero-order valence-electron chi connectivity index (χ0n) is 7.44. The Kier molecular flexibility index (Phi) is 1.37. The Labute approximate surface area is 77.8 Å². The highest BCUT2D eigenvalue weighted by Gasteiger charge is 2.51. The molecule has 1 aromatic carbocycles. The monoisotopic (exact) mass is 172 g/mol. The van der Waals surface area contributed by atoms with Crippen LogP contribution in [0, 0.1) is 17.8 Å². The summed E-state index contributed by atoms with van der Waals surface area (Å²) in [6.07, 6.45) is 3.41. The van der Waals surface area contributed by atoms with Crippen LogP contribution in [0.2, 0.25) is 0 Å². The summed E-state index contributed by atoms with van der Waals surface area (Å²) in [4.78, 5) is 10.7. The molecule has 0 radical (unpaired) electrons. The molecule has 1 aromatic rings. The van der Waals surface area contributed by atoms with Gasteiger partial charge in [-0.3, -0.25) is 0 Å². The van der Waals surface area contributed by atoms with Crippen LogP contribution in [0.15, 0.2) is 24.3 Å². The Balaban J connectivity index is 1.94. The van der Waals surface area contributed by atoms with E-state index in [9.17, 15) is 4.79 Å². The van der Waals surface area contributed by atoms with E-state index in [4.69, 9.17) is 0 Å². The smallest absolute Gasteiger partial charge is 0.123 e. The van der Waals surface area contributed by atoms with Gasteiger partial charge in [0, 0.05) is 5.92 Å². The molecule has 3 rings (SSSR count). The fourth-order valence-corrected chi connectivity index (χ4v) is 2.72. The van der Waals surface area contributed by atoms with Gasteiger partial charge in [-0.1, -0.05) is 24.3 Å². The average Bonchev–Trinajstić information content (AvgIpc) is 2.86. The normalized spacial score (nSPS) is 34.6. The number of carbonyl (C=O) groups excluding carboxylic acids is 1. The molecule has 1 saturated carbocycles. The Morgan fingerprint density at radius 3 is 2.08 bits per heavy atom. The average molecular weight is 172 g/mol. The van der Waals surface area contributed by atoms with Gasteiger partial charge in [0.2, 0.25) is 0 Å². The van der Waals surface area contributed by atoms with Crippen LogP contribution in [0.5, 0.6) is 0 Å². The molecular weight excluding hydrogens is 160 g/mol. The molecule has 0 heterocycles. The zero-order valence-corrected chi connectivity index (χ0v) is 7.44. The maximum Gasteiger partial charge on any atom is 0.123 e. The second-order valence-corrected chi connectivity index (χ2v) is 4.22. The lowest BCUT2D eigenvalue weighted by atomic mass is 9.92. The molecule has 0 bridgehead atoms. The summed E-state index contributed by atoms with van der Waals surface area (Å²) in [6.45, 7) is 0. The zero-order chi connectivity index (χ0) is 8.84. The molecule has 2 aliphatic rings. The first-order valence-electron chi connectivity index (χ1n) is 4.92. The molecule has 2 aliphatic carbocycles. The SMILES string of the molecule is O=CC1C2Cc3ccccc3CC12. The van der Waals surface area contributed by atoms with Crippen molar-refractivity contribution in [3.63, 3.8) is 0 Å². The number of carbonyl (C=O) groups is 1. The lowest BCUT2D eigenvalue weighted by Crippen LogP contribution is -2.04. The Morgan fingerprint density at radius 2 is 1.62 bits per heavy atom. The third-order valence-corrected chi connectivity index (χ3v) is 3.58. The lowest BCUT2D eigenvalue weighted by Gasteiger charge is -2.13. The number of hydrogen-bond acceptors (Lipinski definition) is 1. The first-order chi connectivity index (χ1) is 6.40. The molecule has 13 heavy (non-hydrogen) atoms. The van der Waals surface area contributed by atoms with E-state index in [1.165, 1.54) is 11.1 Å². The van der Waals surface area contributed by atoms with E-state index in [1.54, 1.807) is 0 Å². The van der Waals surface area contributed by atoms with Gasteiger partial charge in [0.25, 0.3) is 0 Å². The number of rotatable bonds is 1. The molecule has 1 nitrogen and oxygen atoms in total. The summed E-state index contributed by atoms with van der Waals surface area (Å²) in [7, 11) is 0. The van der Waals surface area contributed by atoms with Gasteiger partial charge in [0.15, 0.2) is 0 Å². The molecular formula is C12H12O. The largest absolute Gasteiger partial charge is 0.303 e. The summed E-state index contributed by atoms with van der Waals surface area (Å²) in [5.41, 5.74) is 2.93. The molecule has 0 N–H and O–H groups in total. The van der Waals surface area contributed by atoms with Gasteiger partial charge < -0.3 is 4.79 Å². The maximum atomic E-state index is 10.7. The van der Waals surface area contributed by atoms with Crippen molar-refractivity contribution < 1.29 is 4.79 Å². The van der Waals surface area contributed by atoms with Crippen molar-refractivity contribution in [1.29, 1.82) is 0 Å². The minimum Gasteiger partial charge on any atom is -0.303 e. The van der Waals surface area contributed by atoms with Crippen molar-refractivity contribution in [3.05, 3.63) is 35.4 Å². The molecule has 66 valence electrons. The second kappa shape index (κ2) is 2.44. The predicted octanol–water partition coefficient (Wildman–Crippen LogP) is 1.85. The highest BCUT2D eigenvalue weighted by atomic mass is 16.1. The van der Waals surface area contributed by atoms with Gasteiger partial charge in [-0.05, 0) is 35.8 Å². The van der Waals surface area contributed by atoms with Crippen molar-refractivity contribution in [2.45, 2.75) is 12.8 Å². The topological polar surface area (TPSA) is 17.1 Å². The summed E-state index contributed by atoms with van der Waals surface area (Å²) in [6, 6.07) is 8.59. The van der Waals surface area contributed by atoms with E-state index in [0.717, 1.165) is 19.1 Å². The number of benzene rings is 1. The van der Waals surface area contributed by atoms with E-state index in [0.29, 0.717) is 17.8 Å². The second-order valence-electron chi connectivity index (χ2n) is 4.22.